The lowest BCUT2D eigenvalue weighted by molar-refractivity contribution is -0.0115. The number of benzene rings is 1. The molecule has 3 aliphatic rings. The third-order valence-electron chi connectivity index (χ3n) is 7.93. The van der Waals surface area contributed by atoms with E-state index in [0.29, 0.717) is 5.92 Å². The molecule has 2 heterocycles. The normalized spacial score (nSPS) is 22.1. The molecule has 5 nitrogen and oxygen atoms in total. The Kier molecular flexibility index (Phi) is 5.22. The first-order valence-electron chi connectivity index (χ1n) is 11.9. The predicted octanol–water partition coefficient (Wildman–Crippen LogP) is 5.97. The molecule has 6 rings (SSSR count). The van der Waals surface area contributed by atoms with Crippen LogP contribution in [-0.2, 0) is 0 Å². The number of nitrogens with zero attached hydrogens (tertiary/aromatic N) is 4. The molecule has 3 aliphatic carbocycles. The van der Waals surface area contributed by atoms with E-state index in [1.54, 1.807) is 0 Å². The fourth-order valence-electron chi connectivity index (χ4n) is 6.02. The van der Waals surface area contributed by atoms with Crippen molar-refractivity contribution in [2.24, 2.45) is 17.3 Å². The second-order valence-corrected chi connectivity index (χ2v) is 10.5. The fourth-order valence-corrected chi connectivity index (χ4v) is 6.02. The molecule has 33 heavy (non-hydrogen) atoms. The van der Waals surface area contributed by atoms with Gasteiger partial charge in [0, 0.05) is 17.1 Å². The zero-order chi connectivity index (χ0) is 23.5. The highest BCUT2D eigenvalue weighted by Gasteiger charge is 2.53. The van der Waals surface area contributed by atoms with E-state index in [9.17, 15) is 4.39 Å². The molecular weight excluding hydrogens is 413 g/mol. The largest absolute Gasteiger partial charge is 0.375 e. The van der Waals surface area contributed by atoms with Gasteiger partial charge in [-0.3, -0.25) is 0 Å². The zero-order valence-electron chi connectivity index (χ0n) is 20.4. The SMILES string of the molecule is Cc1cc(C)n(C([C@@H](Nc2ccc(F)cc2)C2=CC[C@@H]3C[C@H]2C3(C)C)n2nc(C)cc2C)n1. The van der Waals surface area contributed by atoms with E-state index in [2.05, 4.69) is 60.6 Å². The molecule has 0 aliphatic heterocycles. The number of rotatable bonds is 6. The summed E-state index contributed by atoms with van der Waals surface area (Å²) in [7, 11) is 0. The number of hydrogen-bond acceptors (Lipinski definition) is 3. The van der Waals surface area contributed by atoms with Crippen LogP contribution in [0.25, 0.3) is 0 Å². The molecule has 3 aromatic rings. The molecule has 2 bridgehead atoms. The Morgan fingerprint density at radius 2 is 1.55 bits per heavy atom. The molecule has 6 heteroatoms. The predicted molar refractivity (Wildman–Crippen MR) is 130 cm³/mol. The van der Waals surface area contributed by atoms with Gasteiger partial charge in [0.1, 0.15) is 5.82 Å². The summed E-state index contributed by atoms with van der Waals surface area (Å²) in [4.78, 5) is 0. The van der Waals surface area contributed by atoms with Crippen LogP contribution in [0.4, 0.5) is 10.1 Å². The van der Waals surface area contributed by atoms with Crippen LogP contribution in [-0.4, -0.2) is 25.6 Å². The van der Waals surface area contributed by atoms with Gasteiger partial charge in [0.2, 0.25) is 0 Å². The van der Waals surface area contributed by atoms with Crippen molar-refractivity contribution in [3.8, 4) is 0 Å². The van der Waals surface area contributed by atoms with Gasteiger partial charge in [-0.05, 0) is 99.8 Å². The van der Waals surface area contributed by atoms with Crippen molar-refractivity contribution in [1.82, 2.24) is 19.6 Å². The average molecular weight is 448 g/mol. The first kappa shape index (κ1) is 21.9. The summed E-state index contributed by atoms with van der Waals surface area (Å²) >= 11 is 0. The van der Waals surface area contributed by atoms with Crippen LogP contribution in [0, 0.1) is 50.8 Å². The van der Waals surface area contributed by atoms with Crippen molar-refractivity contribution in [1.29, 1.82) is 0 Å². The lowest BCUT2D eigenvalue weighted by Crippen LogP contribution is -2.53. The second-order valence-electron chi connectivity index (χ2n) is 10.5. The number of nitrogens with one attached hydrogen (secondary N) is 1. The van der Waals surface area contributed by atoms with Crippen LogP contribution in [0.15, 0.2) is 48.0 Å². The van der Waals surface area contributed by atoms with Crippen LogP contribution in [0.5, 0.6) is 0 Å². The molecule has 2 aromatic heterocycles. The summed E-state index contributed by atoms with van der Waals surface area (Å²) in [5, 5.41) is 13.6. The number of halogens is 1. The number of allylic oxidation sites excluding steroid dienone is 1. The topological polar surface area (TPSA) is 47.7 Å². The summed E-state index contributed by atoms with van der Waals surface area (Å²) in [6.07, 6.45) is 4.58. The highest BCUT2D eigenvalue weighted by atomic mass is 19.1. The maximum absolute atomic E-state index is 13.7. The quantitative estimate of drug-likeness (QED) is 0.474. The molecule has 0 spiro atoms. The van der Waals surface area contributed by atoms with E-state index in [4.69, 9.17) is 10.2 Å². The molecule has 0 amide bonds. The average Bonchev–Trinajstić information content (AvgIpc) is 3.28. The summed E-state index contributed by atoms with van der Waals surface area (Å²) < 4.78 is 17.9. The van der Waals surface area contributed by atoms with Gasteiger partial charge in [0.25, 0.3) is 0 Å². The summed E-state index contributed by atoms with van der Waals surface area (Å²) in [6.45, 7) is 13.1. The van der Waals surface area contributed by atoms with Crippen molar-refractivity contribution in [2.75, 3.05) is 5.32 Å². The van der Waals surface area contributed by atoms with Gasteiger partial charge in [-0.25, -0.2) is 13.8 Å². The Hall–Kier alpha value is -2.89. The highest BCUT2D eigenvalue weighted by Crippen LogP contribution is 2.60. The minimum atomic E-state index is -0.231. The molecule has 174 valence electrons. The Morgan fingerprint density at radius 3 is 2.00 bits per heavy atom. The first-order chi connectivity index (χ1) is 15.6. The zero-order valence-corrected chi connectivity index (χ0v) is 20.4. The van der Waals surface area contributed by atoms with Gasteiger partial charge in [0.05, 0.1) is 17.4 Å². The smallest absolute Gasteiger partial charge is 0.167 e. The van der Waals surface area contributed by atoms with Gasteiger partial charge in [-0.2, -0.15) is 10.2 Å². The molecule has 0 unspecified atom stereocenters. The minimum Gasteiger partial charge on any atom is -0.375 e. The third kappa shape index (κ3) is 3.69. The van der Waals surface area contributed by atoms with Crippen molar-refractivity contribution in [3.63, 3.8) is 0 Å². The van der Waals surface area contributed by atoms with Crippen LogP contribution < -0.4 is 5.32 Å². The Labute approximate surface area is 195 Å². The number of anilines is 1. The first-order valence-corrected chi connectivity index (χ1v) is 11.9. The Morgan fingerprint density at radius 1 is 0.970 bits per heavy atom. The maximum atomic E-state index is 13.7. The van der Waals surface area contributed by atoms with E-state index in [1.165, 1.54) is 24.1 Å². The van der Waals surface area contributed by atoms with Crippen molar-refractivity contribution in [3.05, 3.63) is 76.6 Å². The maximum Gasteiger partial charge on any atom is 0.167 e. The summed E-state index contributed by atoms with van der Waals surface area (Å²) in [5.41, 5.74) is 6.76. The summed E-state index contributed by atoms with van der Waals surface area (Å²) in [6, 6.07) is 10.8. The van der Waals surface area contributed by atoms with Gasteiger partial charge in [0.15, 0.2) is 6.17 Å². The molecular formula is C27H34FN5. The number of aryl methyl sites for hydroxylation is 4. The monoisotopic (exact) mass is 447 g/mol. The van der Waals surface area contributed by atoms with Gasteiger partial charge < -0.3 is 5.32 Å². The third-order valence-corrected chi connectivity index (χ3v) is 7.93. The number of hydrogen-bond donors (Lipinski definition) is 1. The lowest BCUT2D eigenvalue weighted by atomic mass is 9.48. The van der Waals surface area contributed by atoms with Gasteiger partial charge >= 0.3 is 0 Å². The van der Waals surface area contributed by atoms with Crippen LogP contribution in [0.3, 0.4) is 0 Å². The van der Waals surface area contributed by atoms with Crippen molar-refractivity contribution in [2.45, 2.75) is 66.6 Å². The van der Waals surface area contributed by atoms with E-state index in [0.717, 1.165) is 40.8 Å². The molecule has 0 saturated heterocycles. The molecule has 1 fully saturated rings. The molecule has 1 aromatic carbocycles. The highest BCUT2D eigenvalue weighted by molar-refractivity contribution is 5.48. The molecule has 3 atom stereocenters. The standard InChI is InChI=1S/C27H34FN5/c1-16-13-18(3)32(30-16)26(33-19(4)14-17(2)31-33)25(29-22-10-8-21(28)9-11-22)23-12-7-20-15-24(23)27(20,5)6/h8-14,20,24-26,29H,7,15H2,1-6H3/t20-,24-,25+/m1/s1. The molecule has 1 saturated carbocycles. The fraction of sp³-hybridized carbons (Fsp3) is 0.481. The lowest BCUT2D eigenvalue weighted by Gasteiger charge is -2.58. The van der Waals surface area contributed by atoms with Crippen LogP contribution in [0.2, 0.25) is 0 Å². The van der Waals surface area contributed by atoms with E-state index < -0.39 is 0 Å². The number of aromatic nitrogens is 4. The molecule has 1 N–H and O–H groups in total. The van der Waals surface area contributed by atoms with Crippen LogP contribution in [0.1, 0.15) is 55.6 Å². The van der Waals surface area contributed by atoms with E-state index in [-0.39, 0.29) is 23.4 Å². The number of fused-ring (bicyclic) bond motifs is 1. The second kappa shape index (κ2) is 7.86. The minimum absolute atomic E-state index is 0.0722. The Bertz CT molecular complexity index is 1150. The van der Waals surface area contributed by atoms with Crippen molar-refractivity contribution >= 4 is 5.69 Å². The molecule has 0 radical (unpaired) electrons. The van der Waals surface area contributed by atoms with Gasteiger partial charge in [-0.15, -0.1) is 0 Å². The van der Waals surface area contributed by atoms with E-state index >= 15 is 0 Å². The van der Waals surface area contributed by atoms with Gasteiger partial charge in [-0.1, -0.05) is 19.9 Å². The Balaban J connectivity index is 1.67. The van der Waals surface area contributed by atoms with Crippen LogP contribution >= 0.6 is 0 Å². The summed E-state index contributed by atoms with van der Waals surface area (Å²) in [5.74, 6) is 1.02. The van der Waals surface area contributed by atoms with Crippen molar-refractivity contribution < 1.29 is 4.39 Å². The van der Waals surface area contributed by atoms with E-state index in [1.807, 2.05) is 26.0 Å².